The van der Waals surface area contributed by atoms with Crippen molar-refractivity contribution in [2.45, 2.75) is 95.8 Å². The lowest BCUT2D eigenvalue weighted by Crippen LogP contribution is -2.46. The molecule has 4 unspecified atom stereocenters. The molecule has 10 heteroatoms. The monoisotopic (exact) mass is 556 g/mol. The Morgan fingerprint density at radius 3 is 2.58 bits per heavy atom. The van der Waals surface area contributed by atoms with Crippen LogP contribution in [0, 0.1) is 0 Å². The number of nitrogens with zero attached hydrogens (tertiary/aromatic N) is 1. The molecule has 40 heavy (non-hydrogen) atoms. The SMILES string of the molecule is COc1ccnc(CNC2CCCC(Oc3ccccc3)C(OC3CCCC3)C(C)OC2=O)c1OCOC(C)=O. The van der Waals surface area contributed by atoms with Crippen LogP contribution in [0.2, 0.25) is 0 Å². The summed E-state index contributed by atoms with van der Waals surface area (Å²) in [6, 6.07) is 10.8. The summed E-state index contributed by atoms with van der Waals surface area (Å²) in [5, 5.41) is 3.29. The maximum absolute atomic E-state index is 13.3. The molecule has 1 aliphatic carbocycles. The minimum Gasteiger partial charge on any atom is -0.493 e. The van der Waals surface area contributed by atoms with Gasteiger partial charge >= 0.3 is 11.9 Å². The first-order chi connectivity index (χ1) is 19.4. The van der Waals surface area contributed by atoms with E-state index < -0.39 is 18.1 Å². The average molecular weight is 557 g/mol. The summed E-state index contributed by atoms with van der Waals surface area (Å²) < 4.78 is 34.9. The Hall–Kier alpha value is -3.37. The number of hydrogen-bond donors (Lipinski definition) is 1. The van der Waals surface area contributed by atoms with Crippen molar-refractivity contribution in [1.82, 2.24) is 10.3 Å². The van der Waals surface area contributed by atoms with Crippen molar-refractivity contribution in [3.05, 3.63) is 48.3 Å². The molecule has 1 aromatic heterocycles. The summed E-state index contributed by atoms with van der Waals surface area (Å²) in [4.78, 5) is 28.9. The van der Waals surface area contributed by atoms with E-state index in [2.05, 4.69) is 10.3 Å². The van der Waals surface area contributed by atoms with Crippen molar-refractivity contribution < 1.29 is 38.0 Å². The number of rotatable bonds is 11. The highest BCUT2D eigenvalue weighted by atomic mass is 16.7. The highest BCUT2D eigenvalue weighted by molar-refractivity contribution is 5.76. The summed E-state index contributed by atoms with van der Waals surface area (Å²) in [7, 11) is 1.51. The molecule has 2 aliphatic rings. The number of pyridine rings is 1. The van der Waals surface area contributed by atoms with E-state index in [0.29, 0.717) is 30.0 Å². The molecule has 1 saturated heterocycles. The summed E-state index contributed by atoms with van der Waals surface area (Å²) in [5.74, 6) is 0.737. The van der Waals surface area contributed by atoms with Gasteiger partial charge in [0.25, 0.3) is 0 Å². The Bertz CT molecular complexity index is 1090. The quantitative estimate of drug-likeness (QED) is 0.317. The number of esters is 2. The van der Waals surface area contributed by atoms with E-state index in [4.69, 9.17) is 28.4 Å². The molecule has 0 spiro atoms. The van der Waals surface area contributed by atoms with E-state index in [1.165, 1.54) is 14.0 Å². The van der Waals surface area contributed by atoms with Crippen molar-refractivity contribution in [2.24, 2.45) is 0 Å². The normalized spacial score (nSPS) is 23.8. The van der Waals surface area contributed by atoms with E-state index in [1.807, 2.05) is 37.3 Å². The van der Waals surface area contributed by atoms with Gasteiger partial charge < -0.3 is 28.4 Å². The van der Waals surface area contributed by atoms with Gasteiger partial charge in [-0.25, -0.2) is 0 Å². The Morgan fingerprint density at radius 1 is 1.07 bits per heavy atom. The van der Waals surface area contributed by atoms with Crippen LogP contribution in [-0.4, -0.2) is 61.3 Å². The predicted molar refractivity (Wildman–Crippen MR) is 146 cm³/mol. The first-order valence-electron chi connectivity index (χ1n) is 14.0. The highest BCUT2D eigenvalue weighted by Gasteiger charge is 2.37. The van der Waals surface area contributed by atoms with Gasteiger partial charge in [0.05, 0.1) is 13.2 Å². The van der Waals surface area contributed by atoms with Crippen LogP contribution in [-0.2, 0) is 30.3 Å². The maximum Gasteiger partial charge on any atom is 0.323 e. The van der Waals surface area contributed by atoms with E-state index in [1.54, 1.807) is 12.3 Å². The lowest BCUT2D eigenvalue weighted by molar-refractivity contribution is -0.168. The lowest BCUT2D eigenvalue weighted by atomic mass is 10.0. The molecule has 2 aromatic rings. The molecule has 10 nitrogen and oxygen atoms in total. The van der Waals surface area contributed by atoms with Crippen LogP contribution in [0.25, 0.3) is 0 Å². The Kier molecular flexibility index (Phi) is 11.0. The molecule has 0 amide bonds. The molecular weight excluding hydrogens is 516 g/mol. The molecule has 1 aromatic carbocycles. The number of para-hydroxylation sites is 1. The third-order valence-electron chi connectivity index (χ3n) is 7.22. The van der Waals surface area contributed by atoms with Crippen LogP contribution in [0.5, 0.6) is 17.2 Å². The van der Waals surface area contributed by atoms with E-state index >= 15 is 0 Å². The summed E-state index contributed by atoms with van der Waals surface area (Å²) in [5.41, 5.74) is 0.514. The van der Waals surface area contributed by atoms with Crippen LogP contribution in [0.1, 0.15) is 64.5 Å². The number of cyclic esters (lactones) is 1. The number of ether oxygens (including phenoxy) is 6. The van der Waals surface area contributed by atoms with Crippen molar-refractivity contribution in [3.63, 3.8) is 0 Å². The third kappa shape index (κ3) is 8.32. The number of carbonyl (C=O) groups is 2. The zero-order chi connectivity index (χ0) is 28.3. The van der Waals surface area contributed by atoms with Gasteiger partial charge in [-0.1, -0.05) is 31.0 Å². The van der Waals surface area contributed by atoms with Gasteiger partial charge in [0.1, 0.15) is 35.8 Å². The van der Waals surface area contributed by atoms with E-state index in [0.717, 1.165) is 37.9 Å². The molecular formula is C30H40N2O8. The molecule has 2 fully saturated rings. The van der Waals surface area contributed by atoms with E-state index in [-0.39, 0.29) is 37.6 Å². The first kappa shape index (κ1) is 29.6. The number of aromatic nitrogens is 1. The number of carbonyl (C=O) groups excluding carboxylic acids is 2. The van der Waals surface area contributed by atoms with Crippen LogP contribution in [0.3, 0.4) is 0 Å². The summed E-state index contributed by atoms with van der Waals surface area (Å²) >= 11 is 0. The molecule has 1 aliphatic heterocycles. The number of nitrogens with one attached hydrogen (secondary N) is 1. The topological polar surface area (TPSA) is 114 Å². The molecule has 1 N–H and O–H groups in total. The second-order valence-electron chi connectivity index (χ2n) is 10.2. The van der Waals surface area contributed by atoms with Crippen molar-refractivity contribution in [1.29, 1.82) is 0 Å². The average Bonchev–Trinajstić information content (AvgIpc) is 3.47. The third-order valence-corrected chi connectivity index (χ3v) is 7.22. The standard InChI is InChI=1S/C30H40N2O8/c1-20-28(40-23-12-7-8-13-23)27(39-22-10-5-4-6-11-22)15-9-14-24(30(34)38-20)32-18-25-29(37-19-36-21(2)33)26(35-3)16-17-31-25/h4-6,10-11,16-17,20,23-24,27-28,32H,7-9,12-15,18-19H2,1-3H3. The van der Waals surface area contributed by atoms with Gasteiger partial charge in [-0.05, 0) is 51.2 Å². The maximum atomic E-state index is 13.3. The van der Waals surface area contributed by atoms with Gasteiger partial charge in [-0.15, -0.1) is 0 Å². The van der Waals surface area contributed by atoms with E-state index in [9.17, 15) is 9.59 Å². The fraction of sp³-hybridized carbons (Fsp3) is 0.567. The van der Waals surface area contributed by atoms with Gasteiger partial charge in [0.2, 0.25) is 6.79 Å². The molecule has 4 rings (SSSR count). The lowest BCUT2D eigenvalue weighted by Gasteiger charge is -2.33. The van der Waals surface area contributed by atoms with Crippen LogP contribution >= 0.6 is 0 Å². The van der Waals surface area contributed by atoms with Gasteiger partial charge in [0, 0.05) is 25.7 Å². The van der Waals surface area contributed by atoms with Crippen LogP contribution in [0.15, 0.2) is 42.6 Å². The first-order valence-corrected chi connectivity index (χ1v) is 14.0. The Morgan fingerprint density at radius 2 is 1.85 bits per heavy atom. The zero-order valence-corrected chi connectivity index (χ0v) is 23.5. The number of benzene rings is 1. The van der Waals surface area contributed by atoms with Gasteiger partial charge in [0.15, 0.2) is 11.5 Å². The molecule has 0 bridgehead atoms. The summed E-state index contributed by atoms with van der Waals surface area (Å²) in [6.45, 7) is 3.12. The molecule has 1 saturated carbocycles. The Labute approximate surface area is 235 Å². The zero-order valence-electron chi connectivity index (χ0n) is 23.5. The second kappa shape index (κ2) is 14.9. The highest BCUT2D eigenvalue weighted by Crippen LogP contribution is 2.31. The number of hydrogen-bond acceptors (Lipinski definition) is 10. The minimum atomic E-state index is -0.570. The van der Waals surface area contributed by atoms with Gasteiger partial charge in [-0.2, -0.15) is 0 Å². The van der Waals surface area contributed by atoms with Crippen LogP contribution < -0.4 is 19.5 Å². The van der Waals surface area contributed by atoms with Crippen molar-refractivity contribution in [2.75, 3.05) is 13.9 Å². The smallest absolute Gasteiger partial charge is 0.323 e. The van der Waals surface area contributed by atoms with Crippen molar-refractivity contribution in [3.8, 4) is 17.2 Å². The van der Waals surface area contributed by atoms with Crippen molar-refractivity contribution >= 4 is 11.9 Å². The molecule has 218 valence electrons. The fourth-order valence-corrected chi connectivity index (χ4v) is 5.17. The summed E-state index contributed by atoms with van der Waals surface area (Å²) in [6.07, 6.45) is 6.89. The Balaban J connectivity index is 1.46. The molecule has 0 radical (unpaired) electrons. The second-order valence-corrected chi connectivity index (χ2v) is 10.2. The van der Waals surface area contributed by atoms with Gasteiger partial charge in [-0.3, -0.25) is 19.9 Å². The minimum absolute atomic E-state index is 0.146. The fourth-order valence-electron chi connectivity index (χ4n) is 5.17. The molecule has 4 atom stereocenters. The predicted octanol–water partition coefficient (Wildman–Crippen LogP) is 4.34. The molecule has 2 heterocycles. The number of methoxy groups -OCH3 is 1. The van der Waals surface area contributed by atoms with Crippen LogP contribution in [0.4, 0.5) is 0 Å². The largest absolute Gasteiger partial charge is 0.493 e.